The predicted molar refractivity (Wildman–Crippen MR) is 66.9 cm³/mol. The number of fused-ring (bicyclic) bond motifs is 1. The Labute approximate surface area is 97.7 Å². The zero-order valence-electron chi connectivity index (χ0n) is 7.18. The van der Waals surface area contributed by atoms with E-state index in [-0.39, 0.29) is 0 Å². The number of hydrogen-bond acceptors (Lipinski definition) is 0. The van der Waals surface area contributed by atoms with Crippen LogP contribution in [0, 0.1) is 0 Å². The third-order valence-electron chi connectivity index (χ3n) is 2.10. The summed E-state index contributed by atoms with van der Waals surface area (Å²) in [7, 11) is 14.9. The van der Waals surface area contributed by atoms with Gasteiger partial charge in [0.15, 0.2) is 0 Å². The molecule has 0 nitrogen and oxygen atoms in total. The summed E-state index contributed by atoms with van der Waals surface area (Å²) in [5.74, 6) is 0. The molecule has 0 saturated heterocycles. The Kier molecular flexibility index (Phi) is 2.99. The van der Waals surface area contributed by atoms with Gasteiger partial charge in [0.25, 0.3) is 0 Å². The molecule has 0 spiro atoms. The SMILES string of the molecule is [Cl][Ge]([Cl])([Cl])[c]1cccc2ccccc12. The molecule has 0 aliphatic rings. The van der Waals surface area contributed by atoms with E-state index in [0.29, 0.717) is 0 Å². The van der Waals surface area contributed by atoms with Gasteiger partial charge in [0.1, 0.15) is 0 Å². The number of halogens is 3. The van der Waals surface area contributed by atoms with Crippen LogP contribution in [-0.2, 0) is 0 Å². The molecule has 0 fully saturated rings. The standard InChI is InChI=1S/C10H7Cl3Ge/c11-14(12,13)10-7-3-5-8-4-1-2-6-9(8)10/h1-7H. The fraction of sp³-hybridized carbons (Fsp3) is 0. The van der Waals surface area contributed by atoms with Gasteiger partial charge in [-0.05, 0) is 0 Å². The van der Waals surface area contributed by atoms with Crippen LogP contribution in [-0.4, -0.2) is 10.5 Å². The van der Waals surface area contributed by atoms with Crippen molar-refractivity contribution in [2.24, 2.45) is 0 Å². The molecule has 0 N–H and O–H groups in total. The van der Waals surface area contributed by atoms with E-state index >= 15 is 0 Å². The summed E-state index contributed by atoms with van der Waals surface area (Å²) in [6.07, 6.45) is 0. The first kappa shape index (κ1) is 10.6. The van der Waals surface area contributed by atoms with Gasteiger partial charge in [0, 0.05) is 0 Å². The first-order valence-electron chi connectivity index (χ1n) is 4.14. The molecule has 0 bridgehead atoms. The van der Waals surface area contributed by atoms with Crippen molar-refractivity contribution in [2.75, 3.05) is 0 Å². The Bertz CT molecular complexity index is 457. The van der Waals surface area contributed by atoms with Crippen molar-refractivity contribution in [3.8, 4) is 0 Å². The van der Waals surface area contributed by atoms with E-state index in [0.717, 1.165) is 15.2 Å². The summed E-state index contributed by atoms with van der Waals surface area (Å²) in [6.45, 7) is 0. The minimum absolute atomic E-state index is 0.910. The van der Waals surface area contributed by atoms with E-state index in [1.807, 2.05) is 42.5 Å². The topological polar surface area (TPSA) is 0 Å². The maximum atomic E-state index is 6.06. The van der Waals surface area contributed by atoms with E-state index in [1.165, 1.54) is 0 Å². The summed E-state index contributed by atoms with van der Waals surface area (Å²) in [5, 5.41) is 2.19. The monoisotopic (exact) mass is 306 g/mol. The molecule has 0 radical (unpaired) electrons. The van der Waals surface area contributed by atoms with Gasteiger partial charge in [0.2, 0.25) is 0 Å². The number of hydrogen-bond donors (Lipinski definition) is 0. The van der Waals surface area contributed by atoms with Crippen LogP contribution in [0.4, 0.5) is 0 Å². The molecular formula is C10H7Cl3Ge. The molecule has 0 unspecified atom stereocenters. The van der Waals surface area contributed by atoms with Gasteiger partial charge in [-0.2, -0.15) is 0 Å². The Morgan fingerprint density at radius 1 is 0.786 bits per heavy atom. The van der Waals surface area contributed by atoms with Gasteiger partial charge >= 0.3 is 98.1 Å². The molecule has 14 heavy (non-hydrogen) atoms. The molecule has 2 aromatic carbocycles. The summed E-state index contributed by atoms with van der Waals surface area (Å²) in [6, 6.07) is 13.8. The first-order chi connectivity index (χ1) is 6.59. The number of rotatable bonds is 1. The molecule has 0 amide bonds. The molecule has 0 heterocycles. The van der Waals surface area contributed by atoms with Crippen molar-refractivity contribution in [3.05, 3.63) is 42.5 Å². The van der Waals surface area contributed by atoms with Crippen LogP contribution in [0.25, 0.3) is 10.8 Å². The van der Waals surface area contributed by atoms with Gasteiger partial charge < -0.3 is 0 Å². The van der Waals surface area contributed by atoms with E-state index in [2.05, 4.69) is 0 Å². The molecule has 0 aliphatic carbocycles. The molecule has 0 atom stereocenters. The molecule has 0 saturated carbocycles. The maximum absolute atomic E-state index is 6.06. The van der Waals surface area contributed by atoms with Crippen molar-refractivity contribution in [3.63, 3.8) is 0 Å². The molecular weight excluding hydrogens is 299 g/mol. The zero-order chi connectivity index (χ0) is 10.2. The summed E-state index contributed by atoms with van der Waals surface area (Å²) in [4.78, 5) is 0. The van der Waals surface area contributed by atoms with Crippen LogP contribution >= 0.6 is 30.0 Å². The second-order valence-electron chi connectivity index (χ2n) is 3.02. The molecule has 4 heteroatoms. The second kappa shape index (κ2) is 3.93. The summed E-state index contributed by atoms with van der Waals surface area (Å²) < 4.78 is 0.910. The fourth-order valence-corrected chi connectivity index (χ4v) is 5.76. The molecule has 72 valence electrons. The average Bonchev–Trinajstić information content (AvgIpc) is 2.15. The second-order valence-corrected chi connectivity index (χ2v) is 18.1. The van der Waals surface area contributed by atoms with Crippen molar-refractivity contribution < 1.29 is 0 Å². The van der Waals surface area contributed by atoms with Crippen LogP contribution in [0.15, 0.2) is 42.5 Å². The van der Waals surface area contributed by atoms with Gasteiger partial charge in [-0.1, -0.05) is 0 Å². The normalized spacial score (nSPS) is 11.9. The van der Waals surface area contributed by atoms with E-state index in [4.69, 9.17) is 30.0 Å². The summed E-state index contributed by atoms with van der Waals surface area (Å²) >= 11 is 0. The Morgan fingerprint density at radius 3 is 2.14 bits per heavy atom. The van der Waals surface area contributed by atoms with Crippen molar-refractivity contribution in [2.45, 2.75) is 0 Å². The molecule has 0 aliphatic heterocycles. The van der Waals surface area contributed by atoms with E-state index < -0.39 is 10.5 Å². The molecule has 0 aromatic heterocycles. The van der Waals surface area contributed by atoms with Crippen molar-refractivity contribution in [1.29, 1.82) is 0 Å². The summed E-state index contributed by atoms with van der Waals surface area (Å²) in [5.41, 5.74) is 0. The van der Waals surface area contributed by atoms with Crippen molar-refractivity contribution in [1.82, 2.24) is 0 Å². The Balaban J connectivity index is 2.78. The van der Waals surface area contributed by atoms with Crippen LogP contribution in [0.3, 0.4) is 0 Å². The predicted octanol–water partition coefficient (Wildman–Crippen LogP) is 3.70. The van der Waals surface area contributed by atoms with Crippen LogP contribution in [0.2, 0.25) is 0 Å². The van der Waals surface area contributed by atoms with Gasteiger partial charge in [0.05, 0.1) is 0 Å². The third-order valence-corrected chi connectivity index (χ3v) is 7.47. The molecule has 2 rings (SSSR count). The van der Waals surface area contributed by atoms with Crippen LogP contribution in [0.1, 0.15) is 0 Å². The fourth-order valence-electron chi connectivity index (χ4n) is 1.47. The van der Waals surface area contributed by atoms with E-state index in [9.17, 15) is 0 Å². The van der Waals surface area contributed by atoms with Gasteiger partial charge in [-0.15, -0.1) is 0 Å². The quantitative estimate of drug-likeness (QED) is 0.705. The third kappa shape index (κ3) is 2.03. The minimum atomic E-state index is -3.28. The molecule has 2 aromatic rings. The zero-order valence-corrected chi connectivity index (χ0v) is 11.5. The van der Waals surface area contributed by atoms with Crippen LogP contribution in [0.5, 0.6) is 0 Å². The Morgan fingerprint density at radius 2 is 1.43 bits per heavy atom. The van der Waals surface area contributed by atoms with Gasteiger partial charge in [-0.25, -0.2) is 0 Å². The van der Waals surface area contributed by atoms with Crippen molar-refractivity contribution >= 4 is 55.7 Å². The number of benzene rings is 2. The van der Waals surface area contributed by atoms with Gasteiger partial charge in [-0.3, -0.25) is 0 Å². The van der Waals surface area contributed by atoms with Crippen LogP contribution < -0.4 is 4.40 Å². The Hall–Kier alpha value is 0.113. The van der Waals surface area contributed by atoms with E-state index in [1.54, 1.807) is 0 Å². The average molecular weight is 306 g/mol. The first-order valence-corrected chi connectivity index (χ1v) is 13.5.